The lowest BCUT2D eigenvalue weighted by molar-refractivity contribution is -0.385. The van der Waals surface area contributed by atoms with Crippen LogP contribution in [0.3, 0.4) is 0 Å². The Labute approximate surface area is 253 Å². The second-order valence-electron chi connectivity index (χ2n) is 7.56. The molecule has 0 heterocycles. The van der Waals surface area contributed by atoms with Crippen molar-refractivity contribution in [2.24, 2.45) is 5.10 Å². The molecule has 40 heavy (non-hydrogen) atoms. The molecule has 3 rings (SSSR count). The molecule has 0 saturated carbocycles. The van der Waals surface area contributed by atoms with Gasteiger partial charge in [0.15, 0.2) is 23.9 Å². The highest BCUT2D eigenvalue weighted by atomic mass is 79.9. The summed E-state index contributed by atoms with van der Waals surface area (Å²) in [5.41, 5.74) is 2.66. The molecule has 0 aromatic heterocycles. The lowest BCUT2D eigenvalue weighted by Gasteiger charge is -2.15. The minimum Gasteiger partial charge on any atom is -0.493 e. The Morgan fingerprint density at radius 3 is 2.17 bits per heavy atom. The molecule has 0 radical (unpaired) electrons. The predicted molar refractivity (Wildman–Crippen MR) is 155 cm³/mol. The molecule has 0 saturated heterocycles. The molecule has 15 heteroatoms. The highest BCUT2D eigenvalue weighted by Crippen LogP contribution is 2.39. The van der Waals surface area contributed by atoms with Gasteiger partial charge >= 0.3 is 5.97 Å². The first-order valence-corrected chi connectivity index (χ1v) is 13.4. The number of carbonyl (C=O) groups is 2. The van der Waals surface area contributed by atoms with Crippen LogP contribution in [0, 0.1) is 10.1 Å². The number of amides is 1. The van der Waals surface area contributed by atoms with Crippen LogP contribution in [-0.2, 0) is 4.79 Å². The van der Waals surface area contributed by atoms with Crippen LogP contribution in [0.2, 0.25) is 0 Å². The average molecular weight is 746 g/mol. The van der Waals surface area contributed by atoms with Gasteiger partial charge in [-0.3, -0.25) is 14.9 Å². The van der Waals surface area contributed by atoms with Gasteiger partial charge < -0.3 is 23.7 Å². The number of nitrogens with zero attached hydrogens (tertiary/aromatic N) is 2. The highest BCUT2D eigenvalue weighted by Gasteiger charge is 2.21. The second kappa shape index (κ2) is 14.1. The van der Waals surface area contributed by atoms with Crippen molar-refractivity contribution in [3.63, 3.8) is 0 Å². The van der Waals surface area contributed by atoms with E-state index in [2.05, 4.69) is 58.3 Å². The summed E-state index contributed by atoms with van der Waals surface area (Å²) in [5, 5.41) is 14.8. The van der Waals surface area contributed by atoms with Crippen molar-refractivity contribution in [1.82, 2.24) is 5.43 Å². The Balaban J connectivity index is 1.74. The fourth-order valence-electron chi connectivity index (χ4n) is 3.20. The van der Waals surface area contributed by atoms with Crippen LogP contribution in [0.25, 0.3) is 0 Å². The van der Waals surface area contributed by atoms with Gasteiger partial charge in [-0.25, -0.2) is 10.2 Å². The van der Waals surface area contributed by atoms with E-state index < -0.39 is 23.4 Å². The van der Waals surface area contributed by atoms with Crippen LogP contribution in [0.5, 0.6) is 28.7 Å². The maximum Gasteiger partial charge on any atom is 0.343 e. The number of benzene rings is 3. The highest BCUT2D eigenvalue weighted by molar-refractivity contribution is 9.11. The molecule has 12 nitrogen and oxygen atoms in total. The summed E-state index contributed by atoms with van der Waals surface area (Å²) < 4.78 is 28.3. The third-order valence-corrected chi connectivity index (χ3v) is 6.68. The van der Waals surface area contributed by atoms with Gasteiger partial charge in [-0.1, -0.05) is 15.9 Å². The van der Waals surface area contributed by atoms with Gasteiger partial charge in [-0.2, -0.15) is 5.10 Å². The number of methoxy groups -OCH3 is 3. The Morgan fingerprint density at radius 2 is 1.60 bits per heavy atom. The number of esters is 1. The Hall–Kier alpha value is -3.69. The molecule has 0 aliphatic heterocycles. The van der Waals surface area contributed by atoms with E-state index in [0.717, 1.165) is 0 Å². The van der Waals surface area contributed by atoms with Crippen molar-refractivity contribution < 1.29 is 38.2 Å². The number of hydrazone groups is 1. The van der Waals surface area contributed by atoms with Gasteiger partial charge in [0, 0.05) is 22.2 Å². The zero-order chi connectivity index (χ0) is 29.4. The molecular formula is C25H20Br3N3O9. The lowest BCUT2D eigenvalue weighted by atomic mass is 10.1. The molecule has 0 unspecified atom stereocenters. The first-order valence-electron chi connectivity index (χ1n) is 11.0. The van der Waals surface area contributed by atoms with E-state index >= 15 is 0 Å². The molecule has 210 valence electrons. The van der Waals surface area contributed by atoms with Crippen molar-refractivity contribution in [2.75, 3.05) is 27.9 Å². The van der Waals surface area contributed by atoms with Crippen molar-refractivity contribution in [1.29, 1.82) is 0 Å². The van der Waals surface area contributed by atoms with E-state index in [1.54, 1.807) is 12.1 Å². The Kier molecular flexibility index (Phi) is 10.9. The second-order valence-corrected chi connectivity index (χ2v) is 10.2. The molecule has 0 bridgehead atoms. The fraction of sp³-hybridized carbons (Fsp3) is 0.160. The number of ether oxygens (including phenoxy) is 5. The summed E-state index contributed by atoms with van der Waals surface area (Å²) in [6, 6.07) is 10.1. The number of nitrogens with one attached hydrogen (secondary N) is 1. The zero-order valence-corrected chi connectivity index (χ0v) is 25.8. The molecule has 0 fully saturated rings. The van der Waals surface area contributed by atoms with Gasteiger partial charge in [-0.15, -0.1) is 0 Å². The predicted octanol–water partition coefficient (Wildman–Crippen LogP) is 5.66. The standard InChI is InChI=1S/C25H20Br3N3O9/c1-36-20-7-13(8-21(37-2)24(20)38-3)25(33)40-23-14(6-15(26)9-18(23)28)11-29-30-22(32)12-39-19-5-4-16(31(34)35)10-17(19)27/h4-11H,12H2,1-3H3,(H,30,32)/b29-11-. The van der Waals surface area contributed by atoms with E-state index in [4.69, 9.17) is 23.7 Å². The van der Waals surface area contributed by atoms with Crippen LogP contribution in [0.15, 0.2) is 61.0 Å². The van der Waals surface area contributed by atoms with Crippen LogP contribution in [0.4, 0.5) is 5.69 Å². The molecule has 1 N–H and O–H groups in total. The summed E-state index contributed by atoms with van der Waals surface area (Å²) in [5.74, 6) is -0.0886. The monoisotopic (exact) mass is 743 g/mol. The van der Waals surface area contributed by atoms with Crippen LogP contribution in [0.1, 0.15) is 15.9 Å². The first-order chi connectivity index (χ1) is 19.1. The molecule has 1 amide bonds. The van der Waals surface area contributed by atoms with Crippen molar-refractivity contribution >= 4 is 71.6 Å². The van der Waals surface area contributed by atoms with Gasteiger partial charge in [-0.05, 0) is 62.2 Å². The van der Waals surface area contributed by atoms with Crippen LogP contribution in [-0.4, -0.2) is 51.0 Å². The van der Waals surface area contributed by atoms with E-state index in [9.17, 15) is 19.7 Å². The van der Waals surface area contributed by atoms with Crippen LogP contribution < -0.4 is 29.1 Å². The maximum absolute atomic E-state index is 13.0. The maximum atomic E-state index is 13.0. The number of halogens is 3. The zero-order valence-electron chi connectivity index (χ0n) is 21.0. The van der Waals surface area contributed by atoms with Gasteiger partial charge in [0.05, 0.1) is 47.0 Å². The molecule has 0 atom stereocenters. The van der Waals surface area contributed by atoms with E-state index in [-0.39, 0.29) is 34.2 Å². The van der Waals surface area contributed by atoms with Gasteiger partial charge in [0.2, 0.25) is 5.75 Å². The van der Waals surface area contributed by atoms with E-state index in [1.807, 2.05) is 0 Å². The lowest BCUT2D eigenvalue weighted by Crippen LogP contribution is -2.24. The number of hydrogen-bond donors (Lipinski definition) is 1. The molecule has 0 aliphatic rings. The topological polar surface area (TPSA) is 148 Å². The van der Waals surface area contributed by atoms with E-state index in [1.165, 1.54) is 57.9 Å². The largest absolute Gasteiger partial charge is 0.493 e. The van der Waals surface area contributed by atoms with Crippen molar-refractivity contribution in [2.45, 2.75) is 0 Å². The number of hydrogen-bond acceptors (Lipinski definition) is 10. The number of nitro groups is 1. The Bertz CT molecular complexity index is 1460. The molecule has 0 aliphatic carbocycles. The van der Waals surface area contributed by atoms with Gasteiger partial charge in [0.1, 0.15) is 5.75 Å². The quantitative estimate of drug-likeness (QED) is 0.0864. The fourth-order valence-corrected chi connectivity index (χ4v) is 5.02. The summed E-state index contributed by atoms with van der Waals surface area (Å²) in [6.07, 6.45) is 1.28. The smallest absolute Gasteiger partial charge is 0.343 e. The van der Waals surface area contributed by atoms with Crippen molar-refractivity contribution in [3.8, 4) is 28.7 Å². The average Bonchev–Trinajstić information content (AvgIpc) is 2.92. The minimum absolute atomic E-state index is 0.129. The number of carbonyl (C=O) groups excluding carboxylic acids is 2. The number of non-ortho nitro benzene ring substituents is 1. The third-order valence-electron chi connectivity index (χ3n) is 5.01. The summed E-state index contributed by atoms with van der Waals surface area (Å²) in [4.78, 5) is 35.6. The van der Waals surface area contributed by atoms with E-state index in [0.29, 0.717) is 24.7 Å². The minimum atomic E-state index is -0.719. The number of rotatable bonds is 11. The summed E-state index contributed by atoms with van der Waals surface area (Å²) in [7, 11) is 4.30. The van der Waals surface area contributed by atoms with Gasteiger partial charge in [0.25, 0.3) is 11.6 Å². The molecular weight excluding hydrogens is 726 g/mol. The first kappa shape index (κ1) is 30.8. The van der Waals surface area contributed by atoms with Crippen LogP contribution >= 0.6 is 47.8 Å². The normalized spacial score (nSPS) is 10.7. The third kappa shape index (κ3) is 7.70. The van der Waals surface area contributed by atoms with Crippen molar-refractivity contribution in [3.05, 3.63) is 77.1 Å². The molecule has 3 aromatic carbocycles. The summed E-state index contributed by atoms with van der Waals surface area (Å²) >= 11 is 9.92. The molecule has 0 spiro atoms. The number of nitro benzene ring substituents is 1. The molecule has 3 aromatic rings. The summed E-state index contributed by atoms with van der Waals surface area (Å²) in [6.45, 7) is -0.418. The Morgan fingerprint density at radius 1 is 0.925 bits per heavy atom. The SMILES string of the molecule is COc1cc(C(=O)Oc2c(Br)cc(Br)cc2/C=N\NC(=O)COc2ccc([N+](=O)[O-])cc2Br)cc(OC)c1OC.